The average molecular weight is 746 g/mol. The molecular formula is C44H67N5O5. The molecule has 2 aromatic rings. The summed E-state index contributed by atoms with van der Waals surface area (Å²) in [6, 6.07) is 3.45. The lowest BCUT2D eigenvalue weighted by Crippen LogP contribution is -2.69. The molecule has 3 heterocycles. The Kier molecular flexibility index (Phi) is 9.38. The Morgan fingerprint density at radius 2 is 1.85 bits per heavy atom. The number of aliphatic carboxylic acids is 1. The molecule has 1 aliphatic heterocycles. The molecule has 0 radical (unpaired) electrons. The van der Waals surface area contributed by atoms with Crippen LogP contribution in [-0.4, -0.2) is 57.3 Å². The minimum atomic E-state index is -0.644. The fourth-order valence-electron chi connectivity index (χ4n) is 12.9. The molecule has 3 saturated carbocycles. The van der Waals surface area contributed by atoms with Gasteiger partial charge in [-0.05, 0) is 96.8 Å². The maximum Gasteiger partial charge on any atom is 0.307 e. The molecule has 7 rings (SSSR count). The van der Waals surface area contributed by atoms with Gasteiger partial charge in [-0.15, -0.1) is 0 Å². The molecule has 0 aromatic carbocycles. The highest BCUT2D eigenvalue weighted by Gasteiger charge is 2.72. The van der Waals surface area contributed by atoms with Crippen molar-refractivity contribution in [1.29, 1.82) is 0 Å². The Bertz CT molecular complexity index is 1800. The molecule has 5 aliphatic rings. The van der Waals surface area contributed by atoms with Gasteiger partial charge in [0.15, 0.2) is 18.2 Å². The van der Waals surface area contributed by atoms with Crippen LogP contribution in [-0.2, 0) is 14.3 Å². The van der Waals surface area contributed by atoms with Crippen molar-refractivity contribution in [2.24, 2.45) is 67.8 Å². The second-order valence-electron chi connectivity index (χ2n) is 21.0. The van der Waals surface area contributed by atoms with E-state index in [-0.39, 0.29) is 51.1 Å². The first-order chi connectivity index (χ1) is 25.1. The number of nitrogens with two attached hydrogens (primary N) is 1. The number of rotatable bonds is 8. The second-order valence-corrected chi connectivity index (χ2v) is 21.0. The number of carbonyl (C=O) groups is 1. The summed E-state index contributed by atoms with van der Waals surface area (Å²) in [6.45, 7) is 26.2. The van der Waals surface area contributed by atoms with Crippen molar-refractivity contribution in [1.82, 2.24) is 14.8 Å². The van der Waals surface area contributed by atoms with Crippen molar-refractivity contribution in [3.8, 4) is 11.4 Å². The summed E-state index contributed by atoms with van der Waals surface area (Å²) in [7, 11) is 0. The highest BCUT2D eigenvalue weighted by molar-refractivity contribution is 5.73. The van der Waals surface area contributed by atoms with E-state index < -0.39 is 22.8 Å². The lowest BCUT2D eigenvalue weighted by Gasteiger charge is -2.71. The maximum absolute atomic E-state index is 13.6. The smallest absolute Gasteiger partial charge is 0.307 e. The summed E-state index contributed by atoms with van der Waals surface area (Å²) in [5.74, 6) is 0.782. The van der Waals surface area contributed by atoms with E-state index in [1.807, 2.05) is 10.7 Å². The molecule has 54 heavy (non-hydrogen) atoms. The highest BCUT2D eigenvalue weighted by Crippen LogP contribution is 2.75. The zero-order chi connectivity index (χ0) is 39.4. The van der Waals surface area contributed by atoms with Gasteiger partial charge in [0.2, 0.25) is 0 Å². The van der Waals surface area contributed by atoms with Crippen LogP contribution in [0.3, 0.4) is 0 Å². The summed E-state index contributed by atoms with van der Waals surface area (Å²) in [5.41, 5.74) is 6.84. The van der Waals surface area contributed by atoms with Crippen LogP contribution in [0, 0.1) is 67.3 Å². The van der Waals surface area contributed by atoms with Crippen molar-refractivity contribution in [3.05, 3.63) is 47.7 Å². The second kappa shape index (κ2) is 12.9. The molecule has 0 amide bonds. The number of carboxylic acid groups (broad SMARTS) is 1. The highest BCUT2D eigenvalue weighted by atomic mass is 16.5. The summed E-state index contributed by atoms with van der Waals surface area (Å²) in [5, 5.41) is 28.6. The van der Waals surface area contributed by atoms with Crippen LogP contribution >= 0.6 is 0 Å². The Labute approximate surface area is 323 Å². The Morgan fingerprint density at radius 1 is 1.13 bits per heavy atom. The number of hydrogen-bond acceptors (Lipinski definition) is 7. The van der Waals surface area contributed by atoms with Crippen LogP contribution in [0.2, 0.25) is 0 Å². The molecule has 4 aliphatic carbocycles. The van der Waals surface area contributed by atoms with Crippen LogP contribution in [0.4, 0.5) is 0 Å². The number of pyridine rings is 1. The van der Waals surface area contributed by atoms with E-state index in [4.69, 9.17) is 25.3 Å². The van der Waals surface area contributed by atoms with Crippen molar-refractivity contribution < 1.29 is 24.1 Å². The van der Waals surface area contributed by atoms with Crippen molar-refractivity contribution >= 4 is 5.97 Å². The first-order valence-corrected chi connectivity index (χ1v) is 20.6. The van der Waals surface area contributed by atoms with Gasteiger partial charge in [-0.25, -0.2) is 9.67 Å². The lowest BCUT2D eigenvalue weighted by molar-refractivity contribution is -0.604. The molecule has 2 bridgehead atoms. The van der Waals surface area contributed by atoms with Gasteiger partial charge in [0.1, 0.15) is 6.33 Å². The minimum absolute atomic E-state index is 0.189. The van der Waals surface area contributed by atoms with Gasteiger partial charge in [0.05, 0.1) is 43.4 Å². The standard InChI is InChI=1S/C44H67N5O5/c1-27(2)28(3)39(7)18-19-41(9)30-14-15-33-40(8)23-53-25-44(33,31(30)16-17-42(41,10)34(39)37(50)51)21-32(35(40)54-24-43(11,45)38(4,5)6)49-36(46-26-47-49)29-13-12-20-48(52)22-29/h12-13,16,20,22,26-28,30,32-35H,14-15,17-19,21,23-25,45H2,1-11H3,(H,50,51)/t28-,30+,32-,33+,34-,35+,39-,40+,41-,42+,43+,44?/m1/s1. The molecule has 0 spiro atoms. The molecule has 4 fully saturated rings. The number of nitrogens with zero attached hydrogens (tertiary/aromatic N) is 4. The fraction of sp³-hybridized carbons (Fsp3) is 0.773. The number of hydrogen-bond donors (Lipinski definition) is 2. The fourth-order valence-corrected chi connectivity index (χ4v) is 12.9. The monoisotopic (exact) mass is 746 g/mol. The number of carboxylic acids is 1. The Hall–Kier alpha value is -2.82. The molecule has 2 aromatic heterocycles. The SMILES string of the molecule is CC(C)[C@@H](C)[C@@]1(C)CC[C@]2(C)[C@H]3CC[C@@H]4C5(COC[C@]4(C)[C@@H](OC[C@](C)(N)C(C)(C)C)[C@H](n4ncnc4-c4ccc[n+]([O-])c4)C5)C3=CC[C@@]2(C)[C@@H]1C(=O)O. The van der Waals surface area contributed by atoms with E-state index in [2.05, 4.69) is 82.2 Å². The van der Waals surface area contributed by atoms with Crippen LogP contribution in [0.1, 0.15) is 121 Å². The predicted octanol–water partition coefficient (Wildman–Crippen LogP) is 7.86. The molecule has 1 saturated heterocycles. The zero-order valence-corrected chi connectivity index (χ0v) is 34.8. The van der Waals surface area contributed by atoms with Crippen LogP contribution in [0.25, 0.3) is 11.4 Å². The van der Waals surface area contributed by atoms with E-state index in [1.54, 1.807) is 18.6 Å². The number of fused-ring (bicyclic) bond motifs is 3. The summed E-state index contributed by atoms with van der Waals surface area (Å²) in [6.07, 6.45) is 12.3. The first kappa shape index (κ1) is 39.4. The van der Waals surface area contributed by atoms with Gasteiger partial charge in [0.25, 0.3) is 0 Å². The van der Waals surface area contributed by atoms with Crippen molar-refractivity contribution in [2.75, 3.05) is 19.8 Å². The molecule has 12 atom stereocenters. The van der Waals surface area contributed by atoms with Crippen LogP contribution in [0.15, 0.2) is 42.5 Å². The van der Waals surface area contributed by atoms with Gasteiger partial charge in [0, 0.05) is 22.4 Å². The molecule has 3 N–H and O–H groups in total. The summed E-state index contributed by atoms with van der Waals surface area (Å²) >= 11 is 0. The van der Waals surface area contributed by atoms with E-state index in [0.717, 1.165) is 43.3 Å². The van der Waals surface area contributed by atoms with Gasteiger partial charge in [-0.2, -0.15) is 9.83 Å². The minimum Gasteiger partial charge on any atom is -0.619 e. The number of allylic oxidation sites excluding steroid dienone is 1. The van der Waals surface area contributed by atoms with Gasteiger partial charge in [-0.3, -0.25) is 4.79 Å². The third kappa shape index (κ3) is 5.49. The van der Waals surface area contributed by atoms with Crippen molar-refractivity contribution in [2.45, 2.75) is 132 Å². The largest absolute Gasteiger partial charge is 0.619 e. The van der Waals surface area contributed by atoms with E-state index in [1.165, 1.54) is 11.8 Å². The molecular weight excluding hydrogens is 679 g/mol. The van der Waals surface area contributed by atoms with Gasteiger partial charge >= 0.3 is 5.97 Å². The van der Waals surface area contributed by atoms with E-state index in [9.17, 15) is 15.1 Å². The van der Waals surface area contributed by atoms with Crippen LogP contribution < -0.4 is 10.5 Å². The van der Waals surface area contributed by atoms with Crippen molar-refractivity contribution in [3.63, 3.8) is 0 Å². The molecule has 1 unspecified atom stereocenters. The zero-order valence-electron chi connectivity index (χ0n) is 34.8. The normalized spacial score (nSPS) is 40.8. The van der Waals surface area contributed by atoms with E-state index >= 15 is 0 Å². The molecule has 10 heteroatoms. The lowest BCUT2D eigenvalue weighted by atomic mass is 9.34. The van der Waals surface area contributed by atoms with Crippen LogP contribution in [0.5, 0.6) is 0 Å². The Balaban J connectivity index is 1.36. The van der Waals surface area contributed by atoms with Gasteiger partial charge in [-0.1, -0.05) is 80.9 Å². The topological polar surface area (TPSA) is 139 Å². The molecule has 298 valence electrons. The molecule has 10 nitrogen and oxygen atoms in total. The summed E-state index contributed by atoms with van der Waals surface area (Å²) < 4.78 is 16.8. The quantitative estimate of drug-likeness (QED) is 0.158. The average Bonchev–Trinajstić information content (AvgIpc) is 3.57. The third-order valence-electron chi connectivity index (χ3n) is 17.3. The van der Waals surface area contributed by atoms with Gasteiger partial charge < -0.3 is 25.5 Å². The summed E-state index contributed by atoms with van der Waals surface area (Å²) in [4.78, 5) is 18.3. The third-order valence-corrected chi connectivity index (χ3v) is 17.3. The first-order valence-electron chi connectivity index (χ1n) is 20.6. The maximum atomic E-state index is 13.6. The predicted molar refractivity (Wildman–Crippen MR) is 209 cm³/mol. The number of aromatic nitrogens is 4. The number of ether oxygens (including phenoxy) is 2. The Morgan fingerprint density at radius 3 is 2.50 bits per heavy atom. The van der Waals surface area contributed by atoms with E-state index in [0.29, 0.717) is 43.0 Å².